The van der Waals surface area contributed by atoms with Gasteiger partial charge in [-0.2, -0.15) is 0 Å². The third-order valence-electron chi connectivity index (χ3n) is 5.27. The Kier molecular flexibility index (Phi) is 4.27. The van der Waals surface area contributed by atoms with E-state index in [0.717, 1.165) is 32.4 Å². The number of halogens is 2. The van der Waals surface area contributed by atoms with Crippen LogP contribution < -0.4 is 5.32 Å². The molecule has 1 aliphatic heterocycles. The average molecular weight is 294 g/mol. The molecule has 1 saturated carbocycles. The van der Waals surface area contributed by atoms with Crippen LogP contribution in [0.1, 0.15) is 44.6 Å². The van der Waals surface area contributed by atoms with Crippen LogP contribution in [0.3, 0.4) is 0 Å². The largest absolute Gasteiger partial charge is 0.311 e. The fraction of sp³-hybridized carbons (Fsp3) is 0.647. The first-order valence-corrected chi connectivity index (χ1v) is 8.06. The number of rotatable bonds is 3. The van der Waals surface area contributed by atoms with Crippen LogP contribution in [0.5, 0.6) is 0 Å². The molecule has 1 aliphatic carbocycles. The van der Waals surface area contributed by atoms with Crippen LogP contribution in [0, 0.1) is 11.6 Å². The van der Waals surface area contributed by atoms with E-state index in [4.69, 9.17) is 0 Å². The zero-order chi connectivity index (χ0) is 14.9. The Morgan fingerprint density at radius 1 is 1.24 bits per heavy atom. The number of benzene rings is 1. The van der Waals surface area contributed by atoms with E-state index in [1.54, 1.807) is 0 Å². The molecule has 0 radical (unpaired) electrons. The summed E-state index contributed by atoms with van der Waals surface area (Å²) in [6, 6.07) is 4.58. The predicted octanol–water partition coefficient (Wildman–Crippen LogP) is 3.46. The van der Waals surface area contributed by atoms with Crippen molar-refractivity contribution in [3.63, 3.8) is 0 Å². The van der Waals surface area contributed by atoms with Gasteiger partial charge in [0.1, 0.15) is 11.6 Å². The first kappa shape index (κ1) is 14.9. The van der Waals surface area contributed by atoms with Crippen molar-refractivity contribution < 1.29 is 8.78 Å². The maximum Gasteiger partial charge on any atom is 0.130 e. The van der Waals surface area contributed by atoms with E-state index in [0.29, 0.717) is 12.6 Å². The van der Waals surface area contributed by atoms with Crippen molar-refractivity contribution in [1.82, 2.24) is 10.2 Å². The maximum absolute atomic E-state index is 14.0. The lowest BCUT2D eigenvalue weighted by Gasteiger charge is -2.48. The number of hydrogen-bond donors (Lipinski definition) is 1. The molecule has 1 saturated heterocycles. The van der Waals surface area contributed by atoms with Crippen molar-refractivity contribution in [2.45, 2.75) is 57.2 Å². The van der Waals surface area contributed by atoms with Gasteiger partial charge in [-0.3, -0.25) is 4.90 Å². The van der Waals surface area contributed by atoms with Gasteiger partial charge in [-0.1, -0.05) is 25.8 Å². The first-order chi connectivity index (χ1) is 10.1. The summed E-state index contributed by atoms with van der Waals surface area (Å²) < 4.78 is 28.0. The lowest BCUT2D eigenvalue weighted by Crippen LogP contribution is -2.63. The summed E-state index contributed by atoms with van der Waals surface area (Å²) >= 11 is 0. The average Bonchev–Trinajstić information content (AvgIpc) is 2.94. The summed E-state index contributed by atoms with van der Waals surface area (Å²) in [6.07, 6.45) is 5.74. The van der Waals surface area contributed by atoms with Gasteiger partial charge in [-0.15, -0.1) is 0 Å². The van der Waals surface area contributed by atoms with Gasteiger partial charge >= 0.3 is 0 Å². The highest BCUT2D eigenvalue weighted by Crippen LogP contribution is 2.38. The second kappa shape index (κ2) is 6.01. The maximum atomic E-state index is 14.0. The Bertz CT molecular complexity index is 477. The van der Waals surface area contributed by atoms with Gasteiger partial charge in [-0.05, 0) is 31.4 Å². The van der Waals surface area contributed by atoms with Crippen molar-refractivity contribution >= 4 is 0 Å². The molecule has 0 amide bonds. The molecule has 21 heavy (non-hydrogen) atoms. The molecule has 116 valence electrons. The van der Waals surface area contributed by atoms with E-state index >= 15 is 0 Å². The SMILES string of the molecule is CCC1CN(Cc2c(F)cccc2F)C2(CCCC2)CN1. The standard InChI is InChI=1S/C17H24F2N2/c1-2-13-10-21(17(12-20-13)8-3-4-9-17)11-14-15(18)6-5-7-16(14)19/h5-7,13,20H,2-4,8-12H2,1H3. The number of piperazine rings is 1. The fourth-order valence-electron chi connectivity index (χ4n) is 3.88. The summed E-state index contributed by atoms with van der Waals surface area (Å²) in [7, 11) is 0. The molecule has 1 heterocycles. The Hall–Kier alpha value is -1.00. The van der Waals surface area contributed by atoms with E-state index in [1.807, 2.05) is 0 Å². The van der Waals surface area contributed by atoms with Crippen LogP contribution in [-0.4, -0.2) is 29.6 Å². The second-order valence-electron chi connectivity index (χ2n) is 6.50. The number of nitrogens with zero attached hydrogens (tertiary/aromatic N) is 1. The van der Waals surface area contributed by atoms with Crippen LogP contribution >= 0.6 is 0 Å². The minimum absolute atomic E-state index is 0.0976. The first-order valence-electron chi connectivity index (χ1n) is 8.06. The molecule has 3 rings (SSSR count). The zero-order valence-electron chi connectivity index (χ0n) is 12.7. The molecule has 1 aromatic carbocycles. The molecule has 4 heteroatoms. The van der Waals surface area contributed by atoms with Crippen molar-refractivity contribution in [2.24, 2.45) is 0 Å². The Morgan fingerprint density at radius 2 is 1.90 bits per heavy atom. The molecule has 1 atom stereocenters. The van der Waals surface area contributed by atoms with E-state index < -0.39 is 11.6 Å². The topological polar surface area (TPSA) is 15.3 Å². The molecule has 1 spiro atoms. The molecule has 2 fully saturated rings. The Morgan fingerprint density at radius 3 is 2.52 bits per heavy atom. The van der Waals surface area contributed by atoms with Crippen molar-refractivity contribution in [3.8, 4) is 0 Å². The predicted molar refractivity (Wildman–Crippen MR) is 80.0 cm³/mol. The van der Waals surface area contributed by atoms with Crippen LogP contribution in [0.4, 0.5) is 8.78 Å². The Labute approximate surface area is 125 Å². The molecule has 1 aromatic rings. The van der Waals surface area contributed by atoms with Crippen molar-refractivity contribution in [1.29, 1.82) is 0 Å². The van der Waals surface area contributed by atoms with Crippen LogP contribution in [-0.2, 0) is 6.54 Å². The summed E-state index contributed by atoms with van der Waals surface area (Å²) in [5.41, 5.74) is 0.320. The minimum atomic E-state index is -0.422. The fourth-order valence-corrected chi connectivity index (χ4v) is 3.88. The van der Waals surface area contributed by atoms with Crippen molar-refractivity contribution in [2.75, 3.05) is 13.1 Å². The van der Waals surface area contributed by atoms with E-state index in [-0.39, 0.29) is 11.1 Å². The summed E-state index contributed by atoms with van der Waals surface area (Å²) in [5, 5.41) is 3.62. The minimum Gasteiger partial charge on any atom is -0.311 e. The number of hydrogen-bond acceptors (Lipinski definition) is 2. The van der Waals surface area contributed by atoms with E-state index in [2.05, 4.69) is 17.1 Å². The Balaban J connectivity index is 1.85. The van der Waals surface area contributed by atoms with Crippen LogP contribution in [0.2, 0.25) is 0 Å². The molecule has 1 N–H and O–H groups in total. The van der Waals surface area contributed by atoms with Gasteiger partial charge in [0.25, 0.3) is 0 Å². The summed E-state index contributed by atoms with van der Waals surface area (Å²) in [5.74, 6) is -0.843. The van der Waals surface area contributed by atoms with Gasteiger partial charge < -0.3 is 5.32 Å². The van der Waals surface area contributed by atoms with Crippen molar-refractivity contribution in [3.05, 3.63) is 35.4 Å². The zero-order valence-corrected chi connectivity index (χ0v) is 12.7. The highest BCUT2D eigenvalue weighted by molar-refractivity contribution is 5.20. The lowest BCUT2D eigenvalue weighted by atomic mass is 9.89. The van der Waals surface area contributed by atoms with Gasteiger partial charge in [-0.25, -0.2) is 8.78 Å². The lowest BCUT2D eigenvalue weighted by molar-refractivity contribution is 0.0331. The van der Waals surface area contributed by atoms with Crippen LogP contribution in [0.15, 0.2) is 18.2 Å². The molecular formula is C17H24F2N2. The molecule has 1 unspecified atom stereocenters. The third-order valence-corrected chi connectivity index (χ3v) is 5.27. The van der Waals surface area contributed by atoms with Gasteiger partial charge in [0.05, 0.1) is 0 Å². The quantitative estimate of drug-likeness (QED) is 0.918. The molecule has 2 nitrogen and oxygen atoms in total. The monoisotopic (exact) mass is 294 g/mol. The second-order valence-corrected chi connectivity index (χ2v) is 6.50. The number of nitrogens with one attached hydrogen (secondary N) is 1. The van der Waals surface area contributed by atoms with E-state index in [1.165, 1.54) is 31.0 Å². The highest BCUT2D eigenvalue weighted by atomic mass is 19.1. The molecule has 0 aromatic heterocycles. The van der Waals surface area contributed by atoms with Crippen LogP contribution in [0.25, 0.3) is 0 Å². The molecule has 2 aliphatic rings. The van der Waals surface area contributed by atoms with Gasteiger partial charge in [0.15, 0.2) is 0 Å². The van der Waals surface area contributed by atoms with Gasteiger partial charge in [0.2, 0.25) is 0 Å². The highest BCUT2D eigenvalue weighted by Gasteiger charge is 2.43. The molecular weight excluding hydrogens is 270 g/mol. The summed E-state index contributed by atoms with van der Waals surface area (Å²) in [6.45, 7) is 4.37. The molecule has 0 bridgehead atoms. The summed E-state index contributed by atoms with van der Waals surface area (Å²) in [4.78, 5) is 2.34. The van der Waals surface area contributed by atoms with E-state index in [9.17, 15) is 8.78 Å². The smallest absolute Gasteiger partial charge is 0.130 e. The van der Waals surface area contributed by atoms with Gasteiger partial charge in [0, 0.05) is 36.8 Å². The third kappa shape index (κ3) is 2.84. The normalized spacial score (nSPS) is 25.6.